The SMILES string of the molecule is Cc1ccccc1-n1cc(-c2cc(-c3ccc(CO)o3)c(C#N)c(N)n2)cn1. The molecule has 0 radical (unpaired) electrons. The number of para-hydroxylation sites is 1. The molecule has 4 rings (SSSR count). The monoisotopic (exact) mass is 371 g/mol. The van der Waals surface area contributed by atoms with E-state index in [0.29, 0.717) is 22.8 Å². The summed E-state index contributed by atoms with van der Waals surface area (Å²) in [5, 5.41) is 23.2. The number of aromatic nitrogens is 3. The Hall–Kier alpha value is -3.89. The topological polar surface area (TPSA) is 114 Å². The molecule has 0 spiro atoms. The van der Waals surface area contributed by atoms with Gasteiger partial charge in [0.05, 0.1) is 17.6 Å². The minimum Gasteiger partial charge on any atom is -0.459 e. The largest absolute Gasteiger partial charge is 0.459 e. The number of nitriles is 1. The van der Waals surface area contributed by atoms with Gasteiger partial charge >= 0.3 is 0 Å². The van der Waals surface area contributed by atoms with Crippen LogP contribution in [-0.2, 0) is 6.61 Å². The van der Waals surface area contributed by atoms with E-state index in [1.54, 1.807) is 29.1 Å². The van der Waals surface area contributed by atoms with Crippen LogP contribution in [0.3, 0.4) is 0 Å². The van der Waals surface area contributed by atoms with Crippen LogP contribution in [0.15, 0.2) is 59.3 Å². The second-order valence-electron chi connectivity index (χ2n) is 6.31. The number of aliphatic hydroxyl groups is 1. The second kappa shape index (κ2) is 7.02. The maximum Gasteiger partial charge on any atom is 0.142 e. The summed E-state index contributed by atoms with van der Waals surface area (Å²) in [6.45, 7) is 1.79. The Labute approximate surface area is 161 Å². The zero-order valence-electron chi connectivity index (χ0n) is 15.1. The molecule has 0 atom stereocenters. The number of hydrogen-bond donors (Lipinski definition) is 2. The van der Waals surface area contributed by atoms with Crippen molar-refractivity contribution in [3.8, 4) is 34.3 Å². The molecule has 0 aliphatic heterocycles. The lowest BCUT2D eigenvalue weighted by Crippen LogP contribution is -1.99. The maximum atomic E-state index is 9.49. The summed E-state index contributed by atoms with van der Waals surface area (Å²) in [7, 11) is 0. The van der Waals surface area contributed by atoms with Crippen molar-refractivity contribution >= 4 is 5.82 Å². The number of rotatable bonds is 4. The number of aryl methyl sites for hydroxylation is 1. The van der Waals surface area contributed by atoms with Gasteiger partial charge in [0.2, 0.25) is 0 Å². The molecule has 3 N–H and O–H groups in total. The third kappa shape index (κ3) is 3.02. The molecule has 4 aromatic rings. The molecule has 7 heteroatoms. The number of benzene rings is 1. The molecule has 0 amide bonds. The molecule has 0 saturated carbocycles. The first kappa shape index (κ1) is 17.5. The molecule has 138 valence electrons. The summed E-state index contributed by atoms with van der Waals surface area (Å²) >= 11 is 0. The number of hydrogen-bond acceptors (Lipinski definition) is 6. The van der Waals surface area contributed by atoms with Gasteiger partial charge in [-0.05, 0) is 36.8 Å². The van der Waals surface area contributed by atoms with Gasteiger partial charge in [-0.2, -0.15) is 10.4 Å². The fourth-order valence-electron chi connectivity index (χ4n) is 3.04. The van der Waals surface area contributed by atoms with Crippen molar-refractivity contribution in [2.75, 3.05) is 5.73 Å². The Balaban J connectivity index is 1.81. The fraction of sp³-hybridized carbons (Fsp3) is 0.0952. The molecule has 3 aromatic heterocycles. The highest BCUT2D eigenvalue weighted by Crippen LogP contribution is 2.32. The zero-order chi connectivity index (χ0) is 19.7. The highest BCUT2D eigenvalue weighted by atomic mass is 16.4. The Bertz CT molecular complexity index is 1200. The lowest BCUT2D eigenvalue weighted by Gasteiger charge is -2.07. The molecule has 1 aromatic carbocycles. The first-order valence-corrected chi connectivity index (χ1v) is 8.62. The molecule has 0 saturated heterocycles. The van der Waals surface area contributed by atoms with Crippen molar-refractivity contribution < 1.29 is 9.52 Å². The van der Waals surface area contributed by atoms with Crippen molar-refractivity contribution in [1.29, 1.82) is 5.26 Å². The molecule has 7 nitrogen and oxygen atoms in total. The maximum absolute atomic E-state index is 9.49. The number of furan rings is 1. The van der Waals surface area contributed by atoms with Crippen LogP contribution in [-0.4, -0.2) is 19.9 Å². The van der Waals surface area contributed by atoms with Crippen LogP contribution in [0.1, 0.15) is 16.9 Å². The normalized spacial score (nSPS) is 10.8. The van der Waals surface area contributed by atoms with Gasteiger partial charge in [0, 0.05) is 17.3 Å². The van der Waals surface area contributed by atoms with E-state index in [-0.39, 0.29) is 18.0 Å². The highest BCUT2D eigenvalue weighted by molar-refractivity contribution is 5.77. The van der Waals surface area contributed by atoms with Gasteiger partial charge in [-0.1, -0.05) is 18.2 Å². The van der Waals surface area contributed by atoms with E-state index in [4.69, 9.17) is 10.2 Å². The summed E-state index contributed by atoms with van der Waals surface area (Å²) in [5.41, 5.74) is 10.2. The molecule has 0 bridgehead atoms. The summed E-state index contributed by atoms with van der Waals surface area (Å²) in [6.07, 6.45) is 3.56. The molecule has 0 fully saturated rings. The van der Waals surface area contributed by atoms with Crippen LogP contribution in [0.4, 0.5) is 5.82 Å². The van der Waals surface area contributed by atoms with Crippen LogP contribution in [0.25, 0.3) is 28.3 Å². The van der Waals surface area contributed by atoms with Crippen molar-refractivity contribution in [2.45, 2.75) is 13.5 Å². The Morgan fingerprint density at radius 2 is 2.07 bits per heavy atom. The average Bonchev–Trinajstić information content (AvgIpc) is 3.37. The number of anilines is 1. The lowest BCUT2D eigenvalue weighted by atomic mass is 10.0. The number of nitrogens with zero attached hydrogens (tertiary/aromatic N) is 4. The Morgan fingerprint density at radius 3 is 2.79 bits per heavy atom. The third-order valence-electron chi connectivity index (χ3n) is 4.48. The van der Waals surface area contributed by atoms with E-state index >= 15 is 0 Å². The summed E-state index contributed by atoms with van der Waals surface area (Å²) in [5.74, 6) is 0.964. The quantitative estimate of drug-likeness (QED) is 0.568. The molecule has 0 aliphatic carbocycles. The number of nitrogen functional groups attached to an aromatic ring is 1. The first-order chi connectivity index (χ1) is 13.6. The van der Waals surface area contributed by atoms with Gasteiger partial charge in [0.15, 0.2) is 0 Å². The van der Waals surface area contributed by atoms with Gasteiger partial charge < -0.3 is 15.3 Å². The van der Waals surface area contributed by atoms with E-state index in [9.17, 15) is 10.4 Å². The second-order valence-corrected chi connectivity index (χ2v) is 6.31. The third-order valence-corrected chi connectivity index (χ3v) is 4.48. The highest BCUT2D eigenvalue weighted by Gasteiger charge is 2.17. The first-order valence-electron chi connectivity index (χ1n) is 8.62. The summed E-state index contributed by atoms with van der Waals surface area (Å²) in [6, 6.07) is 15.1. The number of aliphatic hydroxyl groups excluding tert-OH is 1. The Morgan fingerprint density at radius 1 is 1.25 bits per heavy atom. The van der Waals surface area contributed by atoms with Crippen molar-refractivity contribution in [2.24, 2.45) is 0 Å². The Kier molecular flexibility index (Phi) is 4.39. The number of pyridine rings is 1. The van der Waals surface area contributed by atoms with Crippen molar-refractivity contribution in [3.05, 3.63) is 71.7 Å². The van der Waals surface area contributed by atoms with Crippen molar-refractivity contribution in [3.63, 3.8) is 0 Å². The van der Waals surface area contributed by atoms with E-state index in [2.05, 4.69) is 16.2 Å². The van der Waals surface area contributed by atoms with Crippen LogP contribution in [0.5, 0.6) is 0 Å². The molecular formula is C21H17N5O2. The molecule has 28 heavy (non-hydrogen) atoms. The van der Waals surface area contributed by atoms with Crippen LogP contribution in [0, 0.1) is 18.3 Å². The summed E-state index contributed by atoms with van der Waals surface area (Å²) < 4.78 is 7.37. The predicted octanol–water partition coefficient (Wildman–Crippen LogP) is 3.45. The van der Waals surface area contributed by atoms with Crippen molar-refractivity contribution in [1.82, 2.24) is 14.8 Å². The fourth-order valence-corrected chi connectivity index (χ4v) is 3.04. The van der Waals surface area contributed by atoms with E-state index in [0.717, 1.165) is 16.8 Å². The average molecular weight is 371 g/mol. The smallest absolute Gasteiger partial charge is 0.142 e. The molecular weight excluding hydrogens is 354 g/mol. The molecule has 0 aliphatic rings. The minimum atomic E-state index is -0.224. The number of nitrogens with two attached hydrogens (primary N) is 1. The van der Waals surface area contributed by atoms with Crippen LogP contribution >= 0.6 is 0 Å². The van der Waals surface area contributed by atoms with Gasteiger partial charge in [0.1, 0.15) is 35.6 Å². The zero-order valence-corrected chi connectivity index (χ0v) is 15.1. The van der Waals surface area contributed by atoms with E-state index in [1.807, 2.05) is 37.4 Å². The van der Waals surface area contributed by atoms with Crippen LogP contribution in [0.2, 0.25) is 0 Å². The van der Waals surface area contributed by atoms with E-state index < -0.39 is 0 Å². The standard InChI is InChI=1S/C21H17N5O2/c1-13-4-2-3-5-19(13)26-11-14(10-24-26)18-8-16(17(9-22)21(23)25-18)20-7-6-15(12-27)28-20/h2-8,10-11,27H,12H2,1H3,(H2,23,25). The van der Waals surface area contributed by atoms with Gasteiger partial charge in [0.25, 0.3) is 0 Å². The van der Waals surface area contributed by atoms with Gasteiger partial charge in [-0.15, -0.1) is 0 Å². The van der Waals surface area contributed by atoms with Gasteiger partial charge in [-0.3, -0.25) is 0 Å². The molecule has 0 unspecified atom stereocenters. The lowest BCUT2D eigenvalue weighted by molar-refractivity contribution is 0.248. The predicted molar refractivity (Wildman–Crippen MR) is 104 cm³/mol. The molecule has 3 heterocycles. The van der Waals surface area contributed by atoms with E-state index in [1.165, 1.54) is 0 Å². The van der Waals surface area contributed by atoms with Gasteiger partial charge in [-0.25, -0.2) is 9.67 Å². The summed E-state index contributed by atoms with van der Waals surface area (Å²) in [4.78, 5) is 4.37. The minimum absolute atomic E-state index is 0.112. The van der Waals surface area contributed by atoms with Crippen LogP contribution < -0.4 is 5.73 Å².